The summed E-state index contributed by atoms with van der Waals surface area (Å²) in [5.74, 6) is 2.08. The fourth-order valence-electron chi connectivity index (χ4n) is 2.77. The molecule has 0 fully saturated rings. The Morgan fingerprint density at radius 1 is 0.931 bits per heavy atom. The van der Waals surface area contributed by atoms with Crippen LogP contribution in [0, 0.1) is 0 Å². The molecule has 29 heavy (non-hydrogen) atoms. The molecule has 1 aromatic heterocycles. The Balaban J connectivity index is 1.42. The van der Waals surface area contributed by atoms with Gasteiger partial charge in [-0.25, -0.2) is 4.98 Å². The third-order valence-electron chi connectivity index (χ3n) is 4.23. The molecule has 0 saturated carbocycles. The molecule has 0 aliphatic heterocycles. The van der Waals surface area contributed by atoms with Gasteiger partial charge < -0.3 is 19.5 Å². The molecule has 152 valence electrons. The van der Waals surface area contributed by atoms with E-state index < -0.39 is 0 Å². The molecule has 0 unspecified atom stereocenters. The van der Waals surface area contributed by atoms with Crippen LogP contribution in [0.3, 0.4) is 0 Å². The lowest BCUT2D eigenvalue weighted by molar-refractivity contribution is 0.284. The van der Waals surface area contributed by atoms with Crippen LogP contribution in [0.4, 0.5) is 0 Å². The Morgan fingerprint density at radius 3 is 2.66 bits per heavy atom. The first-order valence-corrected chi connectivity index (χ1v) is 9.91. The SMILES string of the molecule is COc1cc(CNCCCOc2ccccn2)ccc1OCc1cccc(Cl)c1. The average molecular weight is 413 g/mol. The minimum Gasteiger partial charge on any atom is -0.493 e. The molecule has 1 N–H and O–H groups in total. The number of rotatable bonds is 11. The molecule has 0 aliphatic rings. The number of hydrogen-bond acceptors (Lipinski definition) is 5. The molecule has 1 heterocycles. The Hall–Kier alpha value is -2.76. The maximum Gasteiger partial charge on any atom is 0.213 e. The molecule has 5 nitrogen and oxygen atoms in total. The number of nitrogens with one attached hydrogen (secondary N) is 1. The summed E-state index contributed by atoms with van der Waals surface area (Å²) in [4.78, 5) is 4.14. The quantitative estimate of drug-likeness (QED) is 0.455. The van der Waals surface area contributed by atoms with Crippen molar-refractivity contribution >= 4 is 11.6 Å². The molecule has 0 atom stereocenters. The average Bonchev–Trinajstić information content (AvgIpc) is 2.76. The van der Waals surface area contributed by atoms with Crippen LogP contribution in [0.25, 0.3) is 0 Å². The number of aromatic nitrogens is 1. The van der Waals surface area contributed by atoms with Gasteiger partial charge in [-0.2, -0.15) is 0 Å². The number of hydrogen-bond donors (Lipinski definition) is 1. The molecule has 6 heteroatoms. The van der Waals surface area contributed by atoms with E-state index >= 15 is 0 Å². The zero-order valence-corrected chi connectivity index (χ0v) is 17.2. The Bertz CT molecular complexity index is 890. The van der Waals surface area contributed by atoms with Crippen LogP contribution >= 0.6 is 11.6 Å². The van der Waals surface area contributed by atoms with Crippen molar-refractivity contribution in [3.63, 3.8) is 0 Å². The highest BCUT2D eigenvalue weighted by Gasteiger charge is 2.07. The maximum absolute atomic E-state index is 6.02. The van der Waals surface area contributed by atoms with Gasteiger partial charge in [-0.1, -0.05) is 35.9 Å². The molecule has 0 spiro atoms. The second-order valence-corrected chi connectivity index (χ2v) is 6.89. The summed E-state index contributed by atoms with van der Waals surface area (Å²) in [6.07, 6.45) is 2.62. The fourth-order valence-corrected chi connectivity index (χ4v) is 2.98. The molecule has 0 aliphatic carbocycles. The molecule has 0 saturated heterocycles. The summed E-state index contributed by atoms with van der Waals surface area (Å²) in [5, 5.41) is 4.11. The van der Waals surface area contributed by atoms with E-state index in [1.54, 1.807) is 13.3 Å². The summed E-state index contributed by atoms with van der Waals surface area (Å²) in [6, 6.07) is 19.2. The van der Waals surface area contributed by atoms with Crippen molar-refractivity contribution in [2.24, 2.45) is 0 Å². The molecular weight excluding hydrogens is 388 g/mol. The smallest absolute Gasteiger partial charge is 0.213 e. The van der Waals surface area contributed by atoms with Gasteiger partial charge in [-0.05, 0) is 54.4 Å². The van der Waals surface area contributed by atoms with E-state index in [9.17, 15) is 0 Å². The topological polar surface area (TPSA) is 52.6 Å². The number of nitrogens with zero attached hydrogens (tertiary/aromatic N) is 1. The minimum absolute atomic E-state index is 0.435. The molecular formula is C23H25ClN2O3. The predicted molar refractivity (Wildman–Crippen MR) is 115 cm³/mol. The van der Waals surface area contributed by atoms with E-state index in [0.29, 0.717) is 35.6 Å². The first-order chi connectivity index (χ1) is 14.2. The van der Waals surface area contributed by atoms with E-state index in [2.05, 4.69) is 10.3 Å². The van der Waals surface area contributed by atoms with Crippen LogP contribution in [0.5, 0.6) is 17.4 Å². The molecule has 2 aromatic carbocycles. The zero-order valence-electron chi connectivity index (χ0n) is 16.4. The van der Waals surface area contributed by atoms with Crippen LogP contribution < -0.4 is 19.5 Å². The summed E-state index contributed by atoms with van der Waals surface area (Å²) >= 11 is 6.02. The van der Waals surface area contributed by atoms with Gasteiger partial charge in [0.1, 0.15) is 6.61 Å². The summed E-state index contributed by atoms with van der Waals surface area (Å²) < 4.78 is 17.0. The Kier molecular flexibility index (Phi) is 8.16. The first-order valence-electron chi connectivity index (χ1n) is 9.53. The van der Waals surface area contributed by atoms with Gasteiger partial charge in [-0.3, -0.25) is 0 Å². The van der Waals surface area contributed by atoms with Crippen LogP contribution in [-0.4, -0.2) is 25.2 Å². The van der Waals surface area contributed by atoms with Crippen molar-refractivity contribution in [2.75, 3.05) is 20.3 Å². The van der Waals surface area contributed by atoms with Crippen molar-refractivity contribution in [2.45, 2.75) is 19.6 Å². The van der Waals surface area contributed by atoms with E-state index in [1.165, 1.54) is 0 Å². The number of methoxy groups -OCH3 is 1. The lowest BCUT2D eigenvalue weighted by Crippen LogP contribution is -2.17. The highest BCUT2D eigenvalue weighted by atomic mass is 35.5. The van der Waals surface area contributed by atoms with Crippen LogP contribution in [-0.2, 0) is 13.2 Å². The van der Waals surface area contributed by atoms with E-state index in [-0.39, 0.29) is 0 Å². The van der Waals surface area contributed by atoms with Gasteiger partial charge in [0.25, 0.3) is 0 Å². The normalized spacial score (nSPS) is 10.6. The Labute approximate surface area is 176 Å². The van der Waals surface area contributed by atoms with Gasteiger partial charge in [0, 0.05) is 23.8 Å². The maximum atomic E-state index is 6.02. The molecule has 0 amide bonds. The molecule has 0 radical (unpaired) electrons. The lowest BCUT2D eigenvalue weighted by Gasteiger charge is -2.13. The Morgan fingerprint density at radius 2 is 1.86 bits per heavy atom. The minimum atomic E-state index is 0.435. The second-order valence-electron chi connectivity index (χ2n) is 6.45. The van der Waals surface area contributed by atoms with Gasteiger partial charge in [0.15, 0.2) is 11.5 Å². The molecule has 3 rings (SSSR count). The van der Waals surface area contributed by atoms with Crippen molar-refractivity contribution in [1.82, 2.24) is 10.3 Å². The van der Waals surface area contributed by atoms with E-state index in [0.717, 1.165) is 30.6 Å². The predicted octanol–water partition coefficient (Wildman–Crippen LogP) is 4.88. The number of halogens is 1. The van der Waals surface area contributed by atoms with Gasteiger partial charge in [0.05, 0.1) is 13.7 Å². The number of pyridine rings is 1. The standard InChI is InChI=1S/C23H25ClN2O3/c1-27-22-15-18(16-25-11-5-13-28-23-8-2-3-12-26-23)9-10-21(22)29-17-19-6-4-7-20(24)14-19/h2-4,6-10,12,14-15,25H,5,11,13,16-17H2,1H3. The monoisotopic (exact) mass is 412 g/mol. The molecule has 0 bridgehead atoms. The third kappa shape index (κ3) is 6.97. The number of benzene rings is 2. The van der Waals surface area contributed by atoms with E-state index in [4.69, 9.17) is 25.8 Å². The lowest BCUT2D eigenvalue weighted by atomic mass is 10.2. The summed E-state index contributed by atoms with van der Waals surface area (Å²) in [5.41, 5.74) is 2.14. The van der Waals surface area contributed by atoms with Crippen LogP contribution in [0.15, 0.2) is 66.9 Å². The number of ether oxygens (including phenoxy) is 3. The second kappa shape index (κ2) is 11.3. The fraction of sp³-hybridized carbons (Fsp3) is 0.261. The van der Waals surface area contributed by atoms with Gasteiger partial charge >= 0.3 is 0 Å². The largest absolute Gasteiger partial charge is 0.493 e. The first kappa shape index (κ1) is 21.0. The van der Waals surface area contributed by atoms with Crippen molar-refractivity contribution in [3.05, 3.63) is 83.0 Å². The van der Waals surface area contributed by atoms with Gasteiger partial charge in [-0.15, -0.1) is 0 Å². The molecule has 3 aromatic rings. The van der Waals surface area contributed by atoms with Crippen molar-refractivity contribution in [3.8, 4) is 17.4 Å². The van der Waals surface area contributed by atoms with Gasteiger partial charge in [0.2, 0.25) is 5.88 Å². The zero-order chi connectivity index (χ0) is 20.3. The van der Waals surface area contributed by atoms with E-state index in [1.807, 2.05) is 60.7 Å². The van der Waals surface area contributed by atoms with Crippen molar-refractivity contribution < 1.29 is 14.2 Å². The summed E-state index contributed by atoms with van der Waals surface area (Å²) in [7, 11) is 1.65. The van der Waals surface area contributed by atoms with Crippen LogP contribution in [0.1, 0.15) is 17.5 Å². The van der Waals surface area contributed by atoms with Crippen molar-refractivity contribution in [1.29, 1.82) is 0 Å². The highest BCUT2D eigenvalue weighted by molar-refractivity contribution is 6.30. The van der Waals surface area contributed by atoms with Crippen LogP contribution in [0.2, 0.25) is 5.02 Å². The summed E-state index contributed by atoms with van der Waals surface area (Å²) in [6.45, 7) is 2.66. The third-order valence-corrected chi connectivity index (χ3v) is 4.46. The highest BCUT2D eigenvalue weighted by Crippen LogP contribution is 2.29.